The molecule has 0 bridgehead atoms. The molecular weight excluding hydrogens is 362 g/mol. The second-order valence-electron chi connectivity index (χ2n) is 6.51. The summed E-state index contributed by atoms with van der Waals surface area (Å²) in [6.45, 7) is 4.96. The number of nitrogens with one attached hydrogen (secondary N) is 1. The molecule has 0 aliphatic carbocycles. The number of benzene rings is 1. The molecule has 2 aromatic rings. The lowest BCUT2D eigenvalue weighted by Gasteiger charge is -2.42. The van der Waals surface area contributed by atoms with Gasteiger partial charge in [0, 0.05) is 11.1 Å². The Morgan fingerprint density at radius 3 is 2.64 bits per heavy atom. The molecule has 1 aliphatic heterocycles. The number of carbonyl (C=O) groups excluding carboxylic acids is 2. The standard InChI is InChI=1S/C18H18ClNO4S/c1-9(21)10-4-5-13-11(8-10)14(16(22)18(2,3)24-13)20-17(23)15-12(19)6-7-25-15/h4-8,14,16,22H,1-3H3,(H,20,23). The summed E-state index contributed by atoms with van der Waals surface area (Å²) in [6, 6.07) is 5.94. The Hall–Kier alpha value is -1.89. The van der Waals surface area contributed by atoms with Crippen LogP contribution in [0.3, 0.4) is 0 Å². The number of rotatable bonds is 3. The van der Waals surface area contributed by atoms with Crippen LogP contribution in [0.2, 0.25) is 5.02 Å². The van der Waals surface area contributed by atoms with Gasteiger partial charge in [-0.15, -0.1) is 11.3 Å². The zero-order chi connectivity index (χ0) is 18.4. The third-order valence-corrected chi connectivity index (χ3v) is 5.60. The summed E-state index contributed by atoms with van der Waals surface area (Å²) in [5, 5.41) is 15.7. The van der Waals surface area contributed by atoms with Crippen LogP contribution < -0.4 is 10.1 Å². The smallest absolute Gasteiger partial charge is 0.263 e. The maximum absolute atomic E-state index is 12.6. The summed E-state index contributed by atoms with van der Waals surface area (Å²) in [5.41, 5.74) is 0.158. The molecule has 0 spiro atoms. The normalized spacial score (nSPS) is 21.2. The average molecular weight is 380 g/mol. The van der Waals surface area contributed by atoms with Gasteiger partial charge in [0.1, 0.15) is 22.3 Å². The Bertz CT molecular complexity index is 845. The highest BCUT2D eigenvalue weighted by Gasteiger charge is 2.44. The van der Waals surface area contributed by atoms with E-state index in [2.05, 4.69) is 5.32 Å². The van der Waals surface area contributed by atoms with Crippen molar-refractivity contribution in [1.29, 1.82) is 0 Å². The molecule has 2 N–H and O–H groups in total. The summed E-state index contributed by atoms with van der Waals surface area (Å²) in [7, 11) is 0. The Morgan fingerprint density at radius 1 is 1.32 bits per heavy atom. The van der Waals surface area contributed by atoms with Crippen LogP contribution in [-0.4, -0.2) is 28.5 Å². The van der Waals surface area contributed by atoms with E-state index in [4.69, 9.17) is 16.3 Å². The molecule has 1 aromatic heterocycles. The number of ketones is 1. The zero-order valence-electron chi connectivity index (χ0n) is 14.0. The topological polar surface area (TPSA) is 75.6 Å². The van der Waals surface area contributed by atoms with Crippen molar-refractivity contribution in [2.45, 2.75) is 38.5 Å². The lowest BCUT2D eigenvalue weighted by atomic mass is 9.85. The SMILES string of the molecule is CC(=O)c1ccc2c(c1)C(NC(=O)c1sccc1Cl)C(O)C(C)(C)O2. The van der Waals surface area contributed by atoms with Crippen molar-refractivity contribution in [1.82, 2.24) is 5.32 Å². The Labute approximate surface area is 154 Å². The molecule has 25 heavy (non-hydrogen) atoms. The first kappa shape index (κ1) is 17.9. The monoisotopic (exact) mass is 379 g/mol. The number of carbonyl (C=O) groups is 2. The van der Waals surface area contributed by atoms with E-state index in [0.717, 1.165) is 0 Å². The van der Waals surface area contributed by atoms with Crippen LogP contribution in [0, 0.1) is 0 Å². The zero-order valence-corrected chi connectivity index (χ0v) is 15.6. The minimum absolute atomic E-state index is 0.103. The second kappa shape index (κ2) is 6.44. The first-order valence-electron chi connectivity index (χ1n) is 7.76. The molecule has 2 heterocycles. The minimum atomic E-state index is -0.995. The molecule has 5 nitrogen and oxygen atoms in total. The first-order chi connectivity index (χ1) is 11.7. The van der Waals surface area contributed by atoms with Crippen LogP contribution in [0.1, 0.15) is 52.4 Å². The molecule has 0 saturated carbocycles. The first-order valence-corrected chi connectivity index (χ1v) is 9.02. The molecule has 1 aromatic carbocycles. The number of halogens is 1. The molecule has 0 radical (unpaired) electrons. The number of thiophene rings is 1. The summed E-state index contributed by atoms with van der Waals surface area (Å²) in [5.74, 6) is 0.0531. The highest BCUT2D eigenvalue weighted by Crippen LogP contribution is 2.40. The van der Waals surface area contributed by atoms with E-state index in [1.165, 1.54) is 18.3 Å². The van der Waals surface area contributed by atoms with Gasteiger partial charge >= 0.3 is 0 Å². The van der Waals surface area contributed by atoms with E-state index >= 15 is 0 Å². The Morgan fingerprint density at radius 2 is 2.04 bits per heavy atom. The summed E-state index contributed by atoms with van der Waals surface area (Å²) >= 11 is 7.26. The van der Waals surface area contributed by atoms with Crippen molar-refractivity contribution >= 4 is 34.6 Å². The van der Waals surface area contributed by atoms with Crippen molar-refractivity contribution < 1.29 is 19.4 Å². The number of ether oxygens (including phenoxy) is 1. The number of aliphatic hydroxyl groups excluding tert-OH is 1. The molecule has 0 saturated heterocycles. The predicted octanol–water partition coefficient (Wildman–Crippen LogP) is 3.61. The Kier molecular flexibility index (Phi) is 4.62. The van der Waals surface area contributed by atoms with Gasteiger partial charge in [-0.2, -0.15) is 0 Å². The number of hydrogen-bond acceptors (Lipinski definition) is 5. The van der Waals surface area contributed by atoms with Crippen molar-refractivity contribution in [3.63, 3.8) is 0 Å². The number of aliphatic hydroxyl groups is 1. The van der Waals surface area contributed by atoms with Crippen LogP contribution in [0.15, 0.2) is 29.6 Å². The highest BCUT2D eigenvalue weighted by molar-refractivity contribution is 7.12. The highest BCUT2D eigenvalue weighted by atomic mass is 35.5. The van der Waals surface area contributed by atoms with Crippen molar-refractivity contribution in [3.8, 4) is 5.75 Å². The van der Waals surface area contributed by atoms with Gasteiger partial charge in [0.2, 0.25) is 0 Å². The van der Waals surface area contributed by atoms with Gasteiger partial charge in [-0.25, -0.2) is 0 Å². The van der Waals surface area contributed by atoms with E-state index in [-0.39, 0.29) is 11.7 Å². The van der Waals surface area contributed by atoms with Gasteiger partial charge in [0.15, 0.2) is 5.78 Å². The lowest BCUT2D eigenvalue weighted by Crippen LogP contribution is -2.53. The average Bonchev–Trinajstić information content (AvgIpc) is 2.97. The summed E-state index contributed by atoms with van der Waals surface area (Å²) in [4.78, 5) is 24.6. The fraction of sp³-hybridized carbons (Fsp3) is 0.333. The molecule has 2 unspecified atom stereocenters. The van der Waals surface area contributed by atoms with Crippen molar-refractivity contribution in [2.75, 3.05) is 0 Å². The van der Waals surface area contributed by atoms with Crippen LogP contribution in [0.5, 0.6) is 5.75 Å². The predicted molar refractivity (Wildman–Crippen MR) is 96.7 cm³/mol. The van der Waals surface area contributed by atoms with Crippen LogP contribution >= 0.6 is 22.9 Å². The van der Waals surface area contributed by atoms with Crippen LogP contribution in [0.25, 0.3) is 0 Å². The maximum atomic E-state index is 12.6. The van der Waals surface area contributed by atoms with Gasteiger partial charge in [0.25, 0.3) is 5.91 Å². The maximum Gasteiger partial charge on any atom is 0.263 e. The van der Waals surface area contributed by atoms with Gasteiger partial charge < -0.3 is 15.2 Å². The molecule has 0 fully saturated rings. The molecule has 132 valence electrons. The van der Waals surface area contributed by atoms with Crippen molar-refractivity contribution in [3.05, 3.63) is 50.7 Å². The third-order valence-electron chi connectivity index (χ3n) is 4.26. The third kappa shape index (κ3) is 3.29. The van der Waals surface area contributed by atoms with Gasteiger partial charge in [-0.3, -0.25) is 9.59 Å². The Balaban J connectivity index is 2.02. The molecule has 1 amide bonds. The van der Waals surface area contributed by atoms with E-state index < -0.39 is 17.7 Å². The molecule has 2 atom stereocenters. The quantitative estimate of drug-likeness (QED) is 0.799. The lowest BCUT2D eigenvalue weighted by molar-refractivity contribution is -0.0627. The molecule has 1 aliphatic rings. The van der Waals surface area contributed by atoms with E-state index in [1.807, 2.05) is 0 Å². The summed E-state index contributed by atoms with van der Waals surface area (Å²) < 4.78 is 5.86. The fourth-order valence-corrected chi connectivity index (χ4v) is 3.88. The number of Topliss-reactive ketones (excluding diaryl/α,β-unsaturated/α-hetero) is 1. The van der Waals surface area contributed by atoms with E-state index in [9.17, 15) is 14.7 Å². The number of fused-ring (bicyclic) bond motifs is 1. The molecule has 3 rings (SSSR count). The van der Waals surface area contributed by atoms with Crippen LogP contribution in [-0.2, 0) is 0 Å². The second-order valence-corrected chi connectivity index (χ2v) is 7.83. The number of amides is 1. The van der Waals surface area contributed by atoms with Crippen LogP contribution in [0.4, 0.5) is 0 Å². The largest absolute Gasteiger partial charge is 0.485 e. The van der Waals surface area contributed by atoms with E-state index in [0.29, 0.717) is 26.8 Å². The summed E-state index contributed by atoms with van der Waals surface area (Å²) in [6.07, 6.45) is -0.995. The van der Waals surface area contributed by atoms with Gasteiger partial charge in [-0.1, -0.05) is 11.6 Å². The minimum Gasteiger partial charge on any atom is -0.485 e. The van der Waals surface area contributed by atoms with Gasteiger partial charge in [-0.05, 0) is 50.4 Å². The molecule has 7 heteroatoms. The van der Waals surface area contributed by atoms with Gasteiger partial charge in [0.05, 0.1) is 11.1 Å². The number of hydrogen-bond donors (Lipinski definition) is 2. The molecular formula is C18H18ClNO4S. The fourth-order valence-electron chi connectivity index (χ4n) is 2.84. The van der Waals surface area contributed by atoms with E-state index in [1.54, 1.807) is 43.5 Å². The van der Waals surface area contributed by atoms with Crippen molar-refractivity contribution in [2.24, 2.45) is 0 Å².